The molecule has 1 aromatic carbocycles. The number of hydrogen-bond acceptors (Lipinski definition) is 3. The zero-order valence-corrected chi connectivity index (χ0v) is 12.3. The molecule has 8 heteroatoms. The lowest BCUT2D eigenvalue weighted by Crippen LogP contribution is -2.13. The number of nitrogens with zero attached hydrogens (tertiary/aromatic N) is 2. The fourth-order valence-electron chi connectivity index (χ4n) is 1.98. The van der Waals surface area contributed by atoms with E-state index >= 15 is 0 Å². The van der Waals surface area contributed by atoms with E-state index in [9.17, 15) is 17.2 Å². The number of alkyl halides is 1. The summed E-state index contributed by atoms with van der Waals surface area (Å²) in [5.74, 6) is -0.928. The number of rotatable bonds is 5. The smallest absolute Gasteiger partial charge is 0.153 e. The average Bonchev–Trinajstić information content (AvgIpc) is 2.64. The molecule has 2 rings (SSSR count). The van der Waals surface area contributed by atoms with E-state index in [0.717, 1.165) is 18.4 Å². The molecule has 0 bridgehead atoms. The zero-order valence-electron chi connectivity index (χ0n) is 10.7. The molecule has 2 aromatic rings. The van der Waals surface area contributed by atoms with Crippen LogP contribution in [-0.4, -0.2) is 35.9 Å². The third-order valence-electron chi connectivity index (χ3n) is 2.86. The van der Waals surface area contributed by atoms with Crippen molar-refractivity contribution in [2.24, 2.45) is 0 Å². The van der Waals surface area contributed by atoms with Crippen LogP contribution in [0.25, 0.3) is 11.0 Å². The van der Waals surface area contributed by atoms with Gasteiger partial charge in [-0.05, 0) is 6.07 Å². The summed E-state index contributed by atoms with van der Waals surface area (Å²) < 4.78 is 51.0. The van der Waals surface area contributed by atoms with Gasteiger partial charge in [0.05, 0.1) is 11.3 Å². The number of benzene rings is 1. The van der Waals surface area contributed by atoms with Gasteiger partial charge in [0.25, 0.3) is 0 Å². The monoisotopic (exact) mass is 322 g/mol. The van der Waals surface area contributed by atoms with E-state index in [1.165, 1.54) is 4.57 Å². The Morgan fingerprint density at radius 1 is 1.35 bits per heavy atom. The Bertz CT molecular complexity index is 743. The third kappa shape index (κ3) is 3.27. The maximum atomic E-state index is 13.7. The molecule has 0 saturated heterocycles. The first-order chi connectivity index (χ1) is 9.31. The lowest BCUT2D eigenvalue weighted by Gasteiger charge is -2.07. The van der Waals surface area contributed by atoms with Crippen molar-refractivity contribution in [2.75, 3.05) is 17.9 Å². The minimum absolute atomic E-state index is 0.0278. The van der Waals surface area contributed by atoms with Gasteiger partial charge in [0.15, 0.2) is 5.82 Å². The number of aryl methyl sites for hydroxylation is 2. The molecule has 0 atom stereocenters. The van der Waals surface area contributed by atoms with E-state index in [2.05, 4.69) is 4.98 Å². The van der Waals surface area contributed by atoms with Crippen LogP contribution < -0.4 is 0 Å². The van der Waals surface area contributed by atoms with Crippen LogP contribution in [0.1, 0.15) is 5.82 Å². The van der Waals surface area contributed by atoms with Gasteiger partial charge in [0.2, 0.25) is 0 Å². The van der Waals surface area contributed by atoms with Crippen LogP contribution in [0.3, 0.4) is 0 Å². The van der Waals surface area contributed by atoms with Crippen molar-refractivity contribution in [2.45, 2.75) is 13.0 Å². The Hall–Kier alpha value is -1.21. The van der Waals surface area contributed by atoms with Crippen molar-refractivity contribution in [3.05, 3.63) is 29.6 Å². The fourth-order valence-corrected chi connectivity index (χ4v) is 2.66. The van der Waals surface area contributed by atoms with Crippen LogP contribution in [0.2, 0.25) is 0 Å². The topological polar surface area (TPSA) is 52.0 Å². The van der Waals surface area contributed by atoms with E-state index < -0.39 is 21.5 Å². The summed E-state index contributed by atoms with van der Waals surface area (Å²) in [5, 5.41) is 0. The van der Waals surface area contributed by atoms with Gasteiger partial charge in [0.1, 0.15) is 27.0 Å². The number of hydrogen-bond donors (Lipinski definition) is 0. The molecule has 0 unspecified atom stereocenters. The van der Waals surface area contributed by atoms with Crippen LogP contribution in [0.15, 0.2) is 12.1 Å². The largest absolute Gasteiger partial charge is 0.327 e. The van der Waals surface area contributed by atoms with E-state index in [-0.39, 0.29) is 29.2 Å². The first-order valence-corrected chi connectivity index (χ1v) is 8.49. The second-order valence-corrected chi connectivity index (χ2v) is 7.14. The molecule has 0 saturated carbocycles. The van der Waals surface area contributed by atoms with E-state index in [4.69, 9.17) is 11.6 Å². The Balaban J connectivity index is 2.55. The molecule has 20 heavy (non-hydrogen) atoms. The third-order valence-corrected chi connectivity index (χ3v) is 3.97. The van der Waals surface area contributed by atoms with Gasteiger partial charge in [0, 0.05) is 31.2 Å². The molecule has 110 valence electrons. The molecular weight excluding hydrogens is 310 g/mol. The zero-order chi connectivity index (χ0) is 14.9. The highest BCUT2D eigenvalue weighted by atomic mass is 35.5. The molecule has 1 heterocycles. The average molecular weight is 323 g/mol. The standard InChI is InChI=1S/C12H13ClF2N2O2S/c1-20(18,19)5-4-17-10-7-8(14)6-9(15)12(10)16-11(17)2-3-13/h6-7H,2-5H2,1H3. The van der Waals surface area contributed by atoms with Gasteiger partial charge in [-0.1, -0.05) is 0 Å². The minimum atomic E-state index is -3.19. The van der Waals surface area contributed by atoms with Crippen molar-refractivity contribution in [3.63, 3.8) is 0 Å². The maximum absolute atomic E-state index is 13.7. The summed E-state index contributed by atoms with van der Waals surface area (Å²) in [6.07, 6.45) is 1.45. The van der Waals surface area contributed by atoms with E-state index in [1.54, 1.807) is 0 Å². The van der Waals surface area contributed by atoms with Crippen molar-refractivity contribution >= 4 is 32.5 Å². The normalized spacial score (nSPS) is 12.2. The number of aromatic nitrogens is 2. The molecule has 4 nitrogen and oxygen atoms in total. The molecule has 0 spiro atoms. The molecule has 0 aliphatic rings. The first kappa shape index (κ1) is 15.2. The van der Waals surface area contributed by atoms with Crippen LogP contribution >= 0.6 is 11.6 Å². The summed E-state index contributed by atoms with van der Waals surface area (Å²) in [5.41, 5.74) is 0.270. The number of imidazole rings is 1. The molecule has 0 fully saturated rings. The summed E-state index contributed by atoms with van der Waals surface area (Å²) >= 11 is 5.66. The van der Waals surface area contributed by atoms with Gasteiger partial charge < -0.3 is 4.57 Å². The van der Waals surface area contributed by atoms with Crippen LogP contribution in [0.5, 0.6) is 0 Å². The van der Waals surface area contributed by atoms with Crippen LogP contribution in [0, 0.1) is 11.6 Å². The molecular formula is C12H13ClF2N2O2S. The predicted molar refractivity (Wildman–Crippen MR) is 73.8 cm³/mol. The van der Waals surface area contributed by atoms with Gasteiger partial charge in [-0.15, -0.1) is 11.6 Å². The molecule has 0 N–H and O–H groups in total. The Labute approximate surface area is 120 Å². The van der Waals surface area contributed by atoms with Crippen molar-refractivity contribution in [3.8, 4) is 0 Å². The highest BCUT2D eigenvalue weighted by Crippen LogP contribution is 2.21. The summed E-state index contributed by atoms with van der Waals surface area (Å²) in [6, 6.07) is 1.89. The number of halogens is 3. The summed E-state index contributed by atoms with van der Waals surface area (Å²) in [4.78, 5) is 4.09. The highest BCUT2D eigenvalue weighted by Gasteiger charge is 2.16. The molecule has 1 aromatic heterocycles. The fraction of sp³-hybridized carbons (Fsp3) is 0.417. The SMILES string of the molecule is CS(=O)(=O)CCn1c(CCCl)nc2c(F)cc(F)cc21. The lowest BCUT2D eigenvalue weighted by atomic mass is 10.3. The highest BCUT2D eigenvalue weighted by molar-refractivity contribution is 7.90. The minimum Gasteiger partial charge on any atom is -0.327 e. The summed E-state index contributed by atoms with van der Waals surface area (Å²) in [6.45, 7) is 0.0877. The van der Waals surface area contributed by atoms with Crippen molar-refractivity contribution in [1.29, 1.82) is 0 Å². The number of sulfone groups is 1. The van der Waals surface area contributed by atoms with Crippen LogP contribution in [-0.2, 0) is 22.8 Å². The Morgan fingerprint density at radius 2 is 2.05 bits per heavy atom. The Morgan fingerprint density at radius 3 is 2.65 bits per heavy atom. The molecule has 0 aliphatic carbocycles. The second-order valence-electron chi connectivity index (χ2n) is 4.50. The van der Waals surface area contributed by atoms with Crippen molar-refractivity contribution < 1.29 is 17.2 Å². The van der Waals surface area contributed by atoms with E-state index in [1.807, 2.05) is 0 Å². The maximum Gasteiger partial charge on any atom is 0.153 e. The second kappa shape index (κ2) is 5.65. The molecule has 0 aliphatic heterocycles. The van der Waals surface area contributed by atoms with Gasteiger partial charge in [-0.3, -0.25) is 0 Å². The molecule has 0 amide bonds. The van der Waals surface area contributed by atoms with Gasteiger partial charge in [-0.25, -0.2) is 22.2 Å². The Kier molecular flexibility index (Phi) is 4.29. The molecule has 0 radical (unpaired) electrons. The van der Waals surface area contributed by atoms with Gasteiger partial charge in [-0.2, -0.15) is 0 Å². The lowest BCUT2D eigenvalue weighted by molar-refractivity contribution is 0.589. The van der Waals surface area contributed by atoms with Crippen LogP contribution in [0.4, 0.5) is 8.78 Å². The van der Waals surface area contributed by atoms with Gasteiger partial charge >= 0.3 is 0 Å². The quantitative estimate of drug-likeness (QED) is 0.793. The number of fused-ring (bicyclic) bond motifs is 1. The summed E-state index contributed by atoms with van der Waals surface area (Å²) in [7, 11) is -3.19. The van der Waals surface area contributed by atoms with E-state index in [0.29, 0.717) is 12.2 Å². The predicted octanol–water partition coefficient (Wildman–Crippen LogP) is 2.14. The van der Waals surface area contributed by atoms with Crippen molar-refractivity contribution in [1.82, 2.24) is 9.55 Å². The first-order valence-electron chi connectivity index (χ1n) is 5.89.